The lowest BCUT2D eigenvalue weighted by atomic mass is 10.1. The Bertz CT molecular complexity index is 1430. The highest BCUT2D eigenvalue weighted by molar-refractivity contribution is 7.59. The summed E-state index contributed by atoms with van der Waals surface area (Å²) in [4.78, 5) is 24.1. The number of nitrogens with two attached hydrogens (primary N) is 1. The second-order valence-electron chi connectivity index (χ2n) is 7.82. The summed E-state index contributed by atoms with van der Waals surface area (Å²) in [7, 11) is 1.59. The summed E-state index contributed by atoms with van der Waals surface area (Å²) in [5.41, 5.74) is 7.94. The quantitative estimate of drug-likeness (QED) is 0.465. The predicted molar refractivity (Wildman–Crippen MR) is 132 cm³/mol. The molecule has 1 aromatic carbocycles. The highest BCUT2D eigenvalue weighted by Gasteiger charge is 2.34. The van der Waals surface area contributed by atoms with E-state index < -0.39 is 0 Å². The summed E-state index contributed by atoms with van der Waals surface area (Å²) in [5.74, 6) is 1.15. The SMILES string of the molecule is COCc1ccn2nc([C@@H]3CCCN3c3ncnc(N)c3C#N)n(-c3ccccc3)c(=O)c12.S. The molecule has 1 atom stereocenters. The number of hydrogen-bond donors (Lipinski definition) is 1. The van der Waals surface area contributed by atoms with Crippen LogP contribution in [0.5, 0.6) is 0 Å². The van der Waals surface area contributed by atoms with Crippen molar-refractivity contribution < 1.29 is 4.74 Å². The highest BCUT2D eigenvalue weighted by Crippen LogP contribution is 2.37. The Morgan fingerprint density at radius 1 is 1.24 bits per heavy atom. The van der Waals surface area contributed by atoms with Gasteiger partial charge in [-0.2, -0.15) is 23.9 Å². The van der Waals surface area contributed by atoms with E-state index in [1.807, 2.05) is 41.3 Å². The average molecular weight is 477 g/mol. The molecule has 5 rings (SSSR count). The van der Waals surface area contributed by atoms with Gasteiger partial charge in [0, 0.05) is 25.4 Å². The number of hydrogen-bond acceptors (Lipinski definition) is 8. The molecule has 0 aliphatic carbocycles. The molecule has 0 spiro atoms. The van der Waals surface area contributed by atoms with E-state index in [2.05, 4.69) is 16.0 Å². The van der Waals surface area contributed by atoms with Crippen LogP contribution in [0.1, 0.15) is 35.8 Å². The van der Waals surface area contributed by atoms with Crippen molar-refractivity contribution in [2.45, 2.75) is 25.5 Å². The van der Waals surface area contributed by atoms with E-state index in [0.29, 0.717) is 36.0 Å². The normalized spacial score (nSPS) is 15.3. The molecule has 174 valence electrons. The monoisotopic (exact) mass is 476 g/mol. The fourth-order valence-electron chi connectivity index (χ4n) is 4.46. The zero-order valence-electron chi connectivity index (χ0n) is 18.5. The number of ether oxygens (including phenoxy) is 1. The Kier molecular flexibility index (Phi) is 6.54. The lowest BCUT2D eigenvalue weighted by Crippen LogP contribution is -2.34. The van der Waals surface area contributed by atoms with E-state index >= 15 is 0 Å². The van der Waals surface area contributed by atoms with Crippen molar-refractivity contribution in [3.8, 4) is 11.8 Å². The topological polar surface area (TPSA) is 127 Å². The van der Waals surface area contributed by atoms with Gasteiger partial charge in [-0.05, 0) is 31.0 Å². The van der Waals surface area contributed by atoms with E-state index in [-0.39, 0.29) is 36.5 Å². The smallest absolute Gasteiger partial charge is 0.282 e. The second kappa shape index (κ2) is 9.54. The lowest BCUT2D eigenvalue weighted by molar-refractivity contribution is 0.186. The third kappa shape index (κ3) is 3.76. The van der Waals surface area contributed by atoms with E-state index in [0.717, 1.165) is 18.4 Å². The number of benzene rings is 1. The average Bonchev–Trinajstić information content (AvgIpc) is 3.47. The van der Waals surface area contributed by atoms with Gasteiger partial charge >= 0.3 is 0 Å². The minimum absolute atomic E-state index is 0. The third-order valence-corrected chi connectivity index (χ3v) is 5.90. The molecule has 34 heavy (non-hydrogen) atoms. The van der Waals surface area contributed by atoms with Crippen molar-refractivity contribution in [2.75, 3.05) is 24.3 Å². The highest BCUT2D eigenvalue weighted by atomic mass is 32.1. The molecule has 0 unspecified atom stereocenters. The van der Waals surface area contributed by atoms with Crippen molar-refractivity contribution in [3.63, 3.8) is 0 Å². The zero-order chi connectivity index (χ0) is 22.9. The van der Waals surface area contributed by atoms with Crippen LogP contribution in [0.25, 0.3) is 11.2 Å². The van der Waals surface area contributed by atoms with Gasteiger partial charge in [-0.3, -0.25) is 9.36 Å². The minimum atomic E-state index is -0.281. The van der Waals surface area contributed by atoms with Gasteiger partial charge in [0.05, 0.1) is 18.3 Å². The van der Waals surface area contributed by atoms with Crippen LogP contribution < -0.4 is 16.2 Å². The third-order valence-electron chi connectivity index (χ3n) is 5.90. The van der Waals surface area contributed by atoms with Gasteiger partial charge in [0.15, 0.2) is 11.6 Å². The molecule has 4 heterocycles. The van der Waals surface area contributed by atoms with Crippen molar-refractivity contribution in [3.05, 3.63) is 76.2 Å². The van der Waals surface area contributed by atoms with Crippen molar-refractivity contribution in [1.29, 1.82) is 5.26 Å². The fourth-order valence-corrected chi connectivity index (χ4v) is 4.46. The maximum absolute atomic E-state index is 13.8. The molecular weight excluding hydrogens is 452 g/mol. The van der Waals surface area contributed by atoms with Crippen LogP contribution in [0.15, 0.2) is 53.7 Å². The van der Waals surface area contributed by atoms with Crippen molar-refractivity contribution in [1.82, 2.24) is 24.1 Å². The predicted octanol–water partition coefficient (Wildman–Crippen LogP) is 2.33. The van der Waals surface area contributed by atoms with Crippen LogP contribution in [0.3, 0.4) is 0 Å². The Morgan fingerprint density at radius 3 is 2.76 bits per heavy atom. The van der Waals surface area contributed by atoms with Gasteiger partial charge < -0.3 is 15.4 Å². The van der Waals surface area contributed by atoms with Crippen LogP contribution in [0, 0.1) is 11.3 Å². The largest absolute Gasteiger partial charge is 0.382 e. The molecule has 0 radical (unpaired) electrons. The number of nitriles is 1. The van der Waals surface area contributed by atoms with Gasteiger partial charge in [-0.25, -0.2) is 14.5 Å². The summed E-state index contributed by atoms with van der Waals surface area (Å²) in [6.45, 7) is 0.960. The molecule has 3 aromatic heterocycles. The fraction of sp³-hybridized carbons (Fsp3) is 0.261. The first-order valence-corrected chi connectivity index (χ1v) is 10.6. The molecule has 4 aromatic rings. The standard InChI is InChI=1S/C23H22N8O2.H2S/c1-33-13-15-9-11-30-19(15)23(32)31(16-6-3-2-4-7-16)22(28-30)18-8-5-10-29(18)21-17(12-24)20(25)26-14-27-21;/h2-4,6-7,9,11,14,18H,5,8,10,13H2,1H3,(H2,25,26,27);1H2/t18-;/m0./s1. The Labute approximate surface area is 202 Å². The number of para-hydroxylation sites is 1. The van der Waals surface area contributed by atoms with Gasteiger partial charge in [0.1, 0.15) is 29.3 Å². The summed E-state index contributed by atoms with van der Waals surface area (Å²) in [5, 5.41) is 14.5. The number of nitrogens with zero attached hydrogens (tertiary/aromatic N) is 7. The number of nitrogen functional groups attached to an aromatic ring is 1. The van der Waals surface area contributed by atoms with Crippen molar-refractivity contribution in [2.24, 2.45) is 0 Å². The van der Waals surface area contributed by atoms with E-state index in [9.17, 15) is 10.1 Å². The van der Waals surface area contributed by atoms with Crippen molar-refractivity contribution >= 4 is 30.6 Å². The van der Waals surface area contributed by atoms with Crippen LogP contribution >= 0.6 is 13.5 Å². The molecule has 1 fully saturated rings. The first-order chi connectivity index (χ1) is 16.1. The van der Waals surface area contributed by atoms with Gasteiger partial charge in [0.25, 0.3) is 5.56 Å². The van der Waals surface area contributed by atoms with Crippen LogP contribution in [-0.4, -0.2) is 37.8 Å². The number of aromatic nitrogens is 5. The number of fused-ring (bicyclic) bond motifs is 1. The molecule has 1 aliphatic heterocycles. The number of anilines is 2. The van der Waals surface area contributed by atoms with Gasteiger partial charge in [0.2, 0.25) is 0 Å². The Hall–Kier alpha value is -3.88. The molecular formula is C23H24N8O2S. The minimum Gasteiger partial charge on any atom is -0.382 e. The van der Waals surface area contributed by atoms with E-state index in [1.165, 1.54) is 6.33 Å². The van der Waals surface area contributed by atoms with E-state index in [1.54, 1.807) is 22.4 Å². The number of rotatable bonds is 5. The molecule has 0 saturated carbocycles. The molecule has 11 heteroatoms. The summed E-state index contributed by atoms with van der Waals surface area (Å²) >= 11 is 0. The van der Waals surface area contributed by atoms with Gasteiger partial charge in [-0.1, -0.05) is 18.2 Å². The second-order valence-corrected chi connectivity index (χ2v) is 7.82. The maximum Gasteiger partial charge on any atom is 0.282 e. The number of methoxy groups -OCH3 is 1. The van der Waals surface area contributed by atoms with E-state index in [4.69, 9.17) is 15.6 Å². The van der Waals surface area contributed by atoms with Gasteiger partial charge in [-0.15, -0.1) is 0 Å². The zero-order valence-corrected chi connectivity index (χ0v) is 19.5. The Balaban J connectivity index is 0.00000274. The molecule has 1 saturated heterocycles. The summed E-state index contributed by atoms with van der Waals surface area (Å²) in [6, 6.07) is 13.1. The molecule has 1 aliphatic rings. The van der Waals surface area contributed by atoms with Crippen LogP contribution in [0.4, 0.5) is 11.6 Å². The first kappa shape index (κ1) is 23.3. The van der Waals surface area contributed by atoms with Crippen LogP contribution in [-0.2, 0) is 11.3 Å². The Morgan fingerprint density at radius 2 is 2.03 bits per heavy atom. The molecule has 10 nitrogen and oxygen atoms in total. The molecule has 0 amide bonds. The molecule has 0 bridgehead atoms. The van der Waals surface area contributed by atoms with Crippen LogP contribution in [0.2, 0.25) is 0 Å². The lowest BCUT2D eigenvalue weighted by Gasteiger charge is -2.28. The first-order valence-electron chi connectivity index (χ1n) is 10.6. The summed E-state index contributed by atoms with van der Waals surface area (Å²) < 4.78 is 8.54. The maximum atomic E-state index is 13.8. The molecule has 2 N–H and O–H groups in total. The summed E-state index contributed by atoms with van der Waals surface area (Å²) in [6.07, 6.45) is 4.71.